The summed E-state index contributed by atoms with van der Waals surface area (Å²) in [5, 5.41) is 1.05. The highest BCUT2D eigenvalue weighted by Gasteiger charge is 2.14. The highest BCUT2D eigenvalue weighted by Crippen LogP contribution is 2.21. The van der Waals surface area contributed by atoms with Gasteiger partial charge in [-0.15, -0.1) is 0 Å². The Kier molecular flexibility index (Phi) is 4.47. The molecule has 0 atom stereocenters. The van der Waals surface area contributed by atoms with E-state index in [1.165, 1.54) is 0 Å². The molecule has 0 radical (unpaired) electrons. The number of aromatic nitrogens is 1. The Balaban J connectivity index is 2.29. The van der Waals surface area contributed by atoms with Crippen molar-refractivity contribution < 1.29 is 8.42 Å². The fraction of sp³-hybridized carbons (Fsp3) is 0.429. The second-order valence-electron chi connectivity index (χ2n) is 5.26. The fourth-order valence-corrected chi connectivity index (χ4v) is 3.72. The summed E-state index contributed by atoms with van der Waals surface area (Å²) in [6.07, 6.45) is 2.71. The van der Waals surface area contributed by atoms with Crippen LogP contribution in [0.1, 0.15) is 25.0 Å². The van der Waals surface area contributed by atoms with Gasteiger partial charge >= 0.3 is 0 Å². The second kappa shape index (κ2) is 5.95. The lowest BCUT2D eigenvalue weighted by atomic mass is 10.1. The summed E-state index contributed by atoms with van der Waals surface area (Å²) in [7, 11) is -3.30. The molecule has 0 aliphatic heterocycles. The standard InChI is InChI=1S/C14H21N3O2S/c1-10(2)17-20(18,19)9-11-3-4-14-13(7-11)12(5-6-15)8-16-14/h3-4,7-8,10,16-17H,5-6,9,15H2,1-2H3. The summed E-state index contributed by atoms with van der Waals surface area (Å²) in [5.41, 5.74) is 8.50. The molecule has 0 amide bonds. The quantitative estimate of drug-likeness (QED) is 0.754. The van der Waals surface area contributed by atoms with Crippen molar-refractivity contribution >= 4 is 20.9 Å². The Labute approximate surface area is 119 Å². The Morgan fingerprint density at radius 3 is 2.75 bits per heavy atom. The van der Waals surface area contributed by atoms with E-state index in [4.69, 9.17) is 5.73 Å². The smallest absolute Gasteiger partial charge is 0.216 e. The first-order valence-corrected chi connectivity index (χ1v) is 8.35. The molecular weight excluding hydrogens is 274 g/mol. The van der Waals surface area contributed by atoms with Crippen LogP contribution in [0.3, 0.4) is 0 Å². The highest BCUT2D eigenvalue weighted by molar-refractivity contribution is 7.88. The van der Waals surface area contributed by atoms with Crippen LogP contribution < -0.4 is 10.5 Å². The first-order chi connectivity index (χ1) is 9.41. The lowest BCUT2D eigenvalue weighted by molar-refractivity contribution is 0.569. The van der Waals surface area contributed by atoms with Crippen molar-refractivity contribution in [1.29, 1.82) is 0 Å². The van der Waals surface area contributed by atoms with Crippen LogP contribution in [0.15, 0.2) is 24.4 Å². The molecule has 110 valence electrons. The molecule has 0 saturated heterocycles. The summed E-state index contributed by atoms with van der Waals surface area (Å²) < 4.78 is 26.5. The summed E-state index contributed by atoms with van der Waals surface area (Å²) in [6, 6.07) is 5.58. The van der Waals surface area contributed by atoms with Gasteiger partial charge in [-0.05, 0) is 50.1 Å². The zero-order valence-electron chi connectivity index (χ0n) is 11.8. The summed E-state index contributed by atoms with van der Waals surface area (Å²) in [6.45, 7) is 4.20. The number of nitrogens with one attached hydrogen (secondary N) is 2. The topological polar surface area (TPSA) is 88.0 Å². The zero-order valence-corrected chi connectivity index (χ0v) is 12.6. The van der Waals surface area contributed by atoms with Gasteiger partial charge in [0, 0.05) is 23.1 Å². The van der Waals surface area contributed by atoms with Crippen molar-refractivity contribution in [3.05, 3.63) is 35.5 Å². The van der Waals surface area contributed by atoms with Crippen LogP contribution in [-0.2, 0) is 22.2 Å². The largest absolute Gasteiger partial charge is 0.361 e. The van der Waals surface area contributed by atoms with Crippen LogP contribution >= 0.6 is 0 Å². The van der Waals surface area contributed by atoms with Gasteiger partial charge in [-0.2, -0.15) is 0 Å². The zero-order chi connectivity index (χ0) is 14.8. The van der Waals surface area contributed by atoms with E-state index >= 15 is 0 Å². The van der Waals surface area contributed by atoms with Crippen LogP contribution in [-0.4, -0.2) is 26.0 Å². The van der Waals surface area contributed by atoms with E-state index in [1.54, 1.807) is 0 Å². The van der Waals surface area contributed by atoms with Gasteiger partial charge in [0.05, 0.1) is 5.75 Å². The van der Waals surface area contributed by atoms with Crippen molar-refractivity contribution in [2.75, 3.05) is 6.54 Å². The van der Waals surface area contributed by atoms with Crippen molar-refractivity contribution in [2.24, 2.45) is 5.73 Å². The van der Waals surface area contributed by atoms with Crippen LogP contribution in [0, 0.1) is 0 Å². The van der Waals surface area contributed by atoms with E-state index in [0.717, 1.165) is 28.5 Å². The number of hydrogen-bond acceptors (Lipinski definition) is 3. The second-order valence-corrected chi connectivity index (χ2v) is 7.02. The molecule has 5 nitrogen and oxygen atoms in total. The van der Waals surface area contributed by atoms with Crippen LogP contribution in [0.25, 0.3) is 10.9 Å². The monoisotopic (exact) mass is 295 g/mol. The van der Waals surface area contributed by atoms with Gasteiger partial charge in [-0.25, -0.2) is 13.1 Å². The molecule has 0 unspecified atom stereocenters. The molecule has 6 heteroatoms. The third-order valence-corrected chi connectivity index (χ3v) is 4.56. The predicted octanol–water partition coefficient (Wildman–Crippen LogP) is 1.50. The minimum Gasteiger partial charge on any atom is -0.361 e. The third kappa shape index (κ3) is 3.59. The minimum absolute atomic E-state index is 0.00559. The number of H-pyrrole nitrogens is 1. The molecule has 1 aromatic carbocycles. The van der Waals surface area contributed by atoms with Gasteiger partial charge in [0.25, 0.3) is 0 Å². The molecule has 2 rings (SSSR count). The number of nitrogens with two attached hydrogens (primary N) is 1. The van der Waals surface area contributed by atoms with E-state index in [9.17, 15) is 8.42 Å². The van der Waals surface area contributed by atoms with Gasteiger partial charge in [-0.3, -0.25) is 0 Å². The van der Waals surface area contributed by atoms with E-state index < -0.39 is 10.0 Å². The highest BCUT2D eigenvalue weighted by atomic mass is 32.2. The predicted molar refractivity (Wildman–Crippen MR) is 82.0 cm³/mol. The fourth-order valence-electron chi connectivity index (χ4n) is 2.30. The molecule has 0 aliphatic rings. The molecule has 0 spiro atoms. The Morgan fingerprint density at radius 1 is 1.35 bits per heavy atom. The van der Waals surface area contributed by atoms with Gasteiger partial charge in [0.1, 0.15) is 0 Å². The van der Waals surface area contributed by atoms with Gasteiger partial charge in [-0.1, -0.05) is 6.07 Å². The maximum Gasteiger partial charge on any atom is 0.216 e. The molecule has 0 bridgehead atoms. The van der Waals surface area contributed by atoms with Gasteiger partial charge in [0.15, 0.2) is 0 Å². The van der Waals surface area contributed by atoms with Crippen LogP contribution in [0.4, 0.5) is 0 Å². The Hall–Kier alpha value is -1.37. The maximum absolute atomic E-state index is 12.0. The molecule has 1 aromatic heterocycles. The van der Waals surface area contributed by atoms with Crippen LogP contribution in [0.5, 0.6) is 0 Å². The summed E-state index contributed by atoms with van der Waals surface area (Å²) >= 11 is 0. The molecule has 0 fully saturated rings. The summed E-state index contributed by atoms with van der Waals surface area (Å²) in [4.78, 5) is 3.17. The SMILES string of the molecule is CC(C)NS(=O)(=O)Cc1ccc2[nH]cc(CCN)c2c1. The van der Waals surface area contributed by atoms with Crippen molar-refractivity contribution in [1.82, 2.24) is 9.71 Å². The Morgan fingerprint density at radius 2 is 2.10 bits per heavy atom. The molecule has 20 heavy (non-hydrogen) atoms. The number of rotatable bonds is 6. The third-order valence-electron chi connectivity index (χ3n) is 3.02. The molecule has 4 N–H and O–H groups in total. The number of aromatic amines is 1. The normalized spacial score (nSPS) is 12.4. The van der Waals surface area contributed by atoms with Gasteiger partial charge < -0.3 is 10.7 Å². The lowest BCUT2D eigenvalue weighted by Crippen LogP contribution is -2.31. The van der Waals surface area contributed by atoms with Crippen molar-refractivity contribution in [3.8, 4) is 0 Å². The molecule has 0 saturated carbocycles. The van der Waals surface area contributed by atoms with Gasteiger partial charge in [0.2, 0.25) is 10.0 Å². The molecule has 2 aromatic rings. The maximum atomic E-state index is 12.0. The number of hydrogen-bond donors (Lipinski definition) is 3. The number of benzene rings is 1. The van der Waals surface area contributed by atoms with E-state index in [0.29, 0.717) is 6.54 Å². The first-order valence-electron chi connectivity index (χ1n) is 6.70. The van der Waals surface area contributed by atoms with E-state index in [-0.39, 0.29) is 11.8 Å². The number of fused-ring (bicyclic) bond motifs is 1. The molecular formula is C14H21N3O2S. The molecule has 1 heterocycles. The average Bonchev–Trinajstić information content (AvgIpc) is 2.70. The minimum atomic E-state index is -3.30. The summed E-state index contributed by atoms with van der Waals surface area (Å²) in [5.74, 6) is -0.00559. The Bertz CT molecular complexity index is 690. The average molecular weight is 295 g/mol. The first kappa shape index (κ1) is 15.0. The van der Waals surface area contributed by atoms with E-state index in [2.05, 4.69) is 9.71 Å². The van der Waals surface area contributed by atoms with Crippen molar-refractivity contribution in [3.63, 3.8) is 0 Å². The van der Waals surface area contributed by atoms with E-state index in [1.807, 2.05) is 38.2 Å². The number of sulfonamides is 1. The van der Waals surface area contributed by atoms with Crippen LogP contribution in [0.2, 0.25) is 0 Å². The molecule has 0 aliphatic carbocycles. The van der Waals surface area contributed by atoms with Crippen molar-refractivity contribution in [2.45, 2.75) is 32.1 Å². The lowest BCUT2D eigenvalue weighted by Gasteiger charge is -2.09.